The number of pyridine rings is 1. The van der Waals surface area contributed by atoms with Crippen LogP contribution in [-0.2, 0) is 16.3 Å². The van der Waals surface area contributed by atoms with Crippen molar-refractivity contribution in [2.75, 3.05) is 45.8 Å². The van der Waals surface area contributed by atoms with Crippen LogP contribution in [0.4, 0.5) is 5.69 Å². The second kappa shape index (κ2) is 11.0. The third-order valence-corrected chi connectivity index (χ3v) is 8.60. The maximum absolute atomic E-state index is 12.6. The molecule has 0 bridgehead atoms. The van der Waals surface area contributed by atoms with Crippen molar-refractivity contribution < 1.29 is 14.3 Å². The topological polar surface area (TPSA) is 59.8 Å². The number of carbonyl (C=O) groups is 1. The Hall–Kier alpha value is -2.84. The number of amides is 1. The Bertz CT molecular complexity index is 1200. The fourth-order valence-corrected chi connectivity index (χ4v) is 5.59. The van der Waals surface area contributed by atoms with Gasteiger partial charge in [0.25, 0.3) is 0 Å². The Labute approximate surface area is 216 Å². The van der Waals surface area contributed by atoms with Gasteiger partial charge in [0.15, 0.2) is 0 Å². The van der Waals surface area contributed by atoms with Gasteiger partial charge in [-0.25, -0.2) is 4.98 Å². The summed E-state index contributed by atoms with van der Waals surface area (Å²) < 4.78 is 13.9. The van der Waals surface area contributed by atoms with Crippen LogP contribution in [0.15, 0.2) is 42.7 Å². The first-order valence-corrected chi connectivity index (χ1v) is 16.5. The molecule has 36 heavy (non-hydrogen) atoms. The molecule has 3 heterocycles. The van der Waals surface area contributed by atoms with Gasteiger partial charge in [-0.15, -0.1) is 0 Å². The standard InChI is InChI=1S/C28H40N4O3Si/c1-30(2)28(33)21-10-9-13-31(18-21)22-16-24-25(23-11-7-8-12-26(23)34-3)19-32(27(24)29-17-22)20-35-14-15-36(4,5)6/h7-8,11-12,16-17,19,21H,9-10,13-15,18,20H2,1-6H3. The number of hydrogen-bond acceptors (Lipinski definition) is 5. The molecule has 194 valence electrons. The summed E-state index contributed by atoms with van der Waals surface area (Å²) in [6, 6.07) is 11.4. The van der Waals surface area contributed by atoms with E-state index in [0.717, 1.165) is 65.6 Å². The molecule has 2 aromatic heterocycles. The van der Waals surface area contributed by atoms with Gasteiger partial charge in [0.05, 0.1) is 24.9 Å². The molecule has 1 saturated heterocycles. The van der Waals surface area contributed by atoms with E-state index in [-0.39, 0.29) is 11.8 Å². The van der Waals surface area contributed by atoms with Crippen molar-refractivity contribution in [1.82, 2.24) is 14.5 Å². The number of para-hydroxylation sites is 1. The molecule has 7 nitrogen and oxygen atoms in total. The number of methoxy groups -OCH3 is 1. The number of carbonyl (C=O) groups excluding carboxylic acids is 1. The van der Waals surface area contributed by atoms with Gasteiger partial charge in [-0.2, -0.15) is 0 Å². The van der Waals surface area contributed by atoms with Gasteiger partial charge in [-0.3, -0.25) is 4.79 Å². The molecular weight excluding hydrogens is 468 g/mol. The van der Waals surface area contributed by atoms with E-state index in [1.54, 1.807) is 12.0 Å². The normalized spacial score (nSPS) is 16.4. The third-order valence-electron chi connectivity index (χ3n) is 6.90. The minimum atomic E-state index is -1.16. The Kier molecular flexibility index (Phi) is 8.05. The maximum Gasteiger partial charge on any atom is 0.226 e. The molecule has 0 radical (unpaired) electrons. The van der Waals surface area contributed by atoms with Crippen LogP contribution in [0.25, 0.3) is 22.2 Å². The van der Waals surface area contributed by atoms with Crippen molar-refractivity contribution in [2.24, 2.45) is 5.92 Å². The average Bonchev–Trinajstić information content (AvgIpc) is 3.23. The zero-order valence-corrected chi connectivity index (χ0v) is 23.6. The fraction of sp³-hybridized carbons (Fsp3) is 0.500. The summed E-state index contributed by atoms with van der Waals surface area (Å²) >= 11 is 0. The van der Waals surface area contributed by atoms with E-state index < -0.39 is 8.07 Å². The lowest BCUT2D eigenvalue weighted by atomic mass is 9.96. The monoisotopic (exact) mass is 508 g/mol. The highest BCUT2D eigenvalue weighted by Crippen LogP contribution is 2.37. The third kappa shape index (κ3) is 5.92. The number of nitrogens with zero attached hydrogens (tertiary/aromatic N) is 4. The van der Waals surface area contributed by atoms with Gasteiger partial charge in [0, 0.05) is 64.6 Å². The number of piperidine rings is 1. The molecule has 0 aliphatic carbocycles. The summed E-state index contributed by atoms with van der Waals surface area (Å²) in [7, 11) is 4.22. The molecule has 1 amide bonds. The van der Waals surface area contributed by atoms with Crippen LogP contribution >= 0.6 is 0 Å². The number of fused-ring (bicyclic) bond motifs is 1. The molecule has 0 spiro atoms. The molecule has 1 aliphatic rings. The molecule has 3 aromatic rings. The smallest absolute Gasteiger partial charge is 0.226 e. The van der Waals surface area contributed by atoms with Gasteiger partial charge >= 0.3 is 0 Å². The Balaban J connectivity index is 1.69. The number of aromatic nitrogens is 2. The molecule has 1 unspecified atom stereocenters. The summed E-state index contributed by atoms with van der Waals surface area (Å²) in [5, 5.41) is 1.06. The first kappa shape index (κ1) is 26.2. The second-order valence-corrected chi connectivity index (χ2v) is 16.8. The lowest BCUT2D eigenvalue weighted by Crippen LogP contribution is -2.42. The van der Waals surface area contributed by atoms with E-state index in [1.807, 2.05) is 38.5 Å². The van der Waals surface area contributed by atoms with Crippen molar-refractivity contribution in [3.05, 3.63) is 42.7 Å². The van der Waals surface area contributed by atoms with Gasteiger partial charge in [0.1, 0.15) is 18.1 Å². The SMILES string of the molecule is COc1ccccc1-c1cn(COCC[Si](C)(C)C)c2ncc(N3CCCC(C(=O)N(C)C)C3)cc12. The highest BCUT2D eigenvalue weighted by Gasteiger charge is 2.28. The second-order valence-electron chi connectivity index (χ2n) is 11.1. The van der Waals surface area contributed by atoms with Crippen LogP contribution in [0.5, 0.6) is 5.75 Å². The fourth-order valence-electron chi connectivity index (χ4n) is 4.83. The molecule has 1 atom stereocenters. The molecule has 4 rings (SSSR count). The van der Waals surface area contributed by atoms with E-state index in [0.29, 0.717) is 13.3 Å². The van der Waals surface area contributed by atoms with Crippen molar-refractivity contribution in [3.63, 3.8) is 0 Å². The summed E-state index contributed by atoms with van der Waals surface area (Å²) in [6.07, 6.45) is 5.99. The van der Waals surface area contributed by atoms with Crippen LogP contribution in [0.2, 0.25) is 25.7 Å². The highest BCUT2D eigenvalue weighted by molar-refractivity contribution is 6.76. The highest BCUT2D eigenvalue weighted by atomic mass is 28.3. The van der Waals surface area contributed by atoms with Gasteiger partial charge in [-0.05, 0) is 31.0 Å². The summed E-state index contributed by atoms with van der Waals surface area (Å²) in [5.74, 6) is 1.05. The van der Waals surface area contributed by atoms with Gasteiger partial charge in [-0.1, -0.05) is 37.8 Å². The quantitative estimate of drug-likeness (QED) is 0.289. The maximum atomic E-state index is 12.6. The number of ether oxygens (including phenoxy) is 2. The van der Waals surface area contributed by atoms with E-state index in [2.05, 4.69) is 47.4 Å². The number of rotatable bonds is 9. The van der Waals surface area contributed by atoms with Crippen LogP contribution < -0.4 is 9.64 Å². The van der Waals surface area contributed by atoms with Gasteiger partial charge < -0.3 is 23.8 Å². The lowest BCUT2D eigenvalue weighted by molar-refractivity contribution is -0.133. The Morgan fingerprint density at radius 1 is 1.19 bits per heavy atom. The predicted molar refractivity (Wildman–Crippen MR) is 149 cm³/mol. The van der Waals surface area contributed by atoms with E-state index in [1.165, 1.54) is 0 Å². The van der Waals surface area contributed by atoms with E-state index in [4.69, 9.17) is 14.5 Å². The van der Waals surface area contributed by atoms with Crippen molar-refractivity contribution in [3.8, 4) is 16.9 Å². The lowest BCUT2D eigenvalue weighted by Gasteiger charge is -2.34. The minimum absolute atomic E-state index is 0.0162. The zero-order valence-electron chi connectivity index (χ0n) is 22.6. The summed E-state index contributed by atoms with van der Waals surface area (Å²) in [5.41, 5.74) is 4.05. The minimum Gasteiger partial charge on any atom is -0.496 e. The van der Waals surface area contributed by atoms with Crippen LogP contribution in [0.1, 0.15) is 12.8 Å². The summed E-state index contributed by atoms with van der Waals surface area (Å²) in [4.78, 5) is 21.6. The Morgan fingerprint density at radius 3 is 2.69 bits per heavy atom. The predicted octanol–water partition coefficient (Wildman–Crippen LogP) is 5.33. The van der Waals surface area contributed by atoms with Crippen molar-refractivity contribution >= 4 is 30.7 Å². The van der Waals surface area contributed by atoms with Gasteiger partial charge in [0.2, 0.25) is 5.91 Å². The molecule has 1 aromatic carbocycles. The molecule has 1 aliphatic heterocycles. The first-order chi connectivity index (χ1) is 17.2. The molecule has 0 saturated carbocycles. The number of anilines is 1. The van der Waals surface area contributed by atoms with Crippen molar-refractivity contribution in [1.29, 1.82) is 0 Å². The first-order valence-electron chi connectivity index (χ1n) is 12.8. The van der Waals surface area contributed by atoms with Crippen LogP contribution in [-0.4, -0.2) is 69.3 Å². The van der Waals surface area contributed by atoms with Crippen LogP contribution in [0.3, 0.4) is 0 Å². The van der Waals surface area contributed by atoms with Crippen molar-refractivity contribution in [2.45, 2.75) is 45.3 Å². The number of benzene rings is 1. The zero-order chi connectivity index (χ0) is 25.9. The molecule has 8 heteroatoms. The molecular formula is C28H40N4O3Si. The molecule has 0 N–H and O–H groups in total. The number of hydrogen-bond donors (Lipinski definition) is 0. The van der Waals surface area contributed by atoms with E-state index in [9.17, 15) is 4.79 Å². The average molecular weight is 509 g/mol. The van der Waals surface area contributed by atoms with Crippen LogP contribution in [0, 0.1) is 5.92 Å². The largest absolute Gasteiger partial charge is 0.496 e. The molecule has 1 fully saturated rings. The Morgan fingerprint density at radius 2 is 1.97 bits per heavy atom. The summed E-state index contributed by atoms with van der Waals surface area (Å²) in [6.45, 7) is 9.95. The van der Waals surface area contributed by atoms with E-state index >= 15 is 0 Å².